The average Bonchev–Trinajstić information content (AvgIpc) is 2.42. The molecule has 0 aromatic heterocycles. The first-order valence-corrected chi connectivity index (χ1v) is 8.15. The minimum absolute atomic E-state index is 0.259. The monoisotopic (exact) mass is 297 g/mol. The summed E-state index contributed by atoms with van der Waals surface area (Å²) in [6.07, 6.45) is 6.12. The van der Waals surface area contributed by atoms with Crippen molar-refractivity contribution in [2.45, 2.75) is 52.0 Å². The van der Waals surface area contributed by atoms with Crippen LogP contribution in [0.2, 0.25) is 5.02 Å². The lowest BCUT2D eigenvalue weighted by Gasteiger charge is -2.33. The first-order valence-electron chi connectivity index (χ1n) is 7.77. The molecule has 0 saturated heterocycles. The smallest absolute Gasteiger partial charge is 0.124 e. The van der Waals surface area contributed by atoms with Gasteiger partial charge in [-0.15, -0.1) is 0 Å². The summed E-state index contributed by atoms with van der Waals surface area (Å²) < 4.78 is 13.1. The Morgan fingerprint density at radius 1 is 1.30 bits per heavy atom. The molecule has 0 aliphatic heterocycles. The number of hydrogen-bond acceptors (Lipinski definition) is 1. The molecule has 2 rings (SSSR count). The lowest BCUT2D eigenvalue weighted by molar-refractivity contribution is 0.230. The Bertz CT molecular complexity index is 427. The lowest BCUT2D eigenvalue weighted by atomic mass is 9.77. The van der Waals surface area contributed by atoms with Crippen LogP contribution in [0.5, 0.6) is 0 Å². The first-order chi connectivity index (χ1) is 9.60. The number of rotatable bonds is 5. The molecule has 1 aliphatic rings. The third-order valence-corrected chi connectivity index (χ3v) is 4.90. The highest BCUT2D eigenvalue weighted by Crippen LogP contribution is 2.32. The van der Waals surface area contributed by atoms with E-state index in [4.69, 9.17) is 11.6 Å². The second-order valence-corrected chi connectivity index (χ2v) is 6.53. The molecule has 0 heterocycles. The summed E-state index contributed by atoms with van der Waals surface area (Å²) >= 11 is 6.17. The van der Waals surface area contributed by atoms with Crippen LogP contribution in [0.1, 0.15) is 45.1 Å². The maximum atomic E-state index is 13.1. The number of benzene rings is 1. The Kier molecular flexibility index (Phi) is 5.86. The van der Waals surface area contributed by atoms with Crippen LogP contribution in [0.4, 0.5) is 4.39 Å². The van der Waals surface area contributed by atoms with E-state index in [0.717, 1.165) is 24.4 Å². The number of hydrogen-bond donors (Lipinski definition) is 1. The minimum Gasteiger partial charge on any atom is -0.314 e. The van der Waals surface area contributed by atoms with Crippen molar-refractivity contribution in [3.63, 3.8) is 0 Å². The topological polar surface area (TPSA) is 12.0 Å². The molecule has 112 valence electrons. The number of halogens is 2. The van der Waals surface area contributed by atoms with Gasteiger partial charge in [-0.1, -0.05) is 44.4 Å². The van der Waals surface area contributed by atoms with Gasteiger partial charge in [-0.25, -0.2) is 4.39 Å². The van der Waals surface area contributed by atoms with Gasteiger partial charge in [0.15, 0.2) is 0 Å². The van der Waals surface area contributed by atoms with Crippen LogP contribution >= 0.6 is 11.6 Å². The van der Waals surface area contributed by atoms with Crippen LogP contribution in [-0.4, -0.2) is 12.6 Å². The molecular weight excluding hydrogens is 273 g/mol. The zero-order valence-electron chi connectivity index (χ0n) is 12.5. The molecule has 0 radical (unpaired) electrons. The lowest BCUT2D eigenvalue weighted by Crippen LogP contribution is -2.39. The third-order valence-electron chi connectivity index (χ3n) is 4.55. The first kappa shape index (κ1) is 15.8. The van der Waals surface area contributed by atoms with Crippen molar-refractivity contribution in [2.24, 2.45) is 11.8 Å². The molecular formula is C17H25ClFN. The normalized spacial score (nSPS) is 24.6. The summed E-state index contributed by atoms with van der Waals surface area (Å²) in [5.74, 6) is 1.32. The molecule has 0 spiro atoms. The van der Waals surface area contributed by atoms with E-state index in [1.54, 1.807) is 0 Å². The van der Waals surface area contributed by atoms with Gasteiger partial charge < -0.3 is 5.32 Å². The summed E-state index contributed by atoms with van der Waals surface area (Å²) in [7, 11) is 0. The van der Waals surface area contributed by atoms with Crippen LogP contribution in [0.3, 0.4) is 0 Å². The third kappa shape index (κ3) is 4.20. The SMILES string of the molecule is CCNC(Cc1ccc(F)cc1Cl)C1CCC(C)CC1. The van der Waals surface area contributed by atoms with Gasteiger partial charge in [0.05, 0.1) is 0 Å². The van der Waals surface area contributed by atoms with E-state index < -0.39 is 0 Å². The Morgan fingerprint density at radius 2 is 2.00 bits per heavy atom. The van der Waals surface area contributed by atoms with Crippen molar-refractivity contribution < 1.29 is 4.39 Å². The average molecular weight is 298 g/mol. The summed E-state index contributed by atoms with van der Waals surface area (Å²) in [5.41, 5.74) is 1.05. The summed E-state index contributed by atoms with van der Waals surface area (Å²) in [6.45, 7) is 5.45. The molecule has 1 saturated carbocycles. The fourth-order valence-corrected chi connectivity index (χ4v) is 3.52. The molecule has 1 fully saturated rings. The van der Waals surface area contributed by atoms with Crippen LogP contribution in [0.25, 0.3) is 0 Å². The van der Waals surface area contributed by atoms with E-state index >= 15 is 0 Å². The van der Waals surface area contributed by atoms with Gasteiger partial charge in [-0.2, -0.15) is 0 Å². The van der Waals surface area contributed by atoms with E-state index in [9.17, 15) is 4.39 Å². The standard InChI is InChI=1S/C17H25ClFN/c1-3-20-17(13-6-4-12(2)5-7-13)10-14-8-9-15(19)11-16(14)18/h8-9,11-13,17,20H,3-7,10H2,1-2H3. The maximum Gasteiger partial charge on any atom is 0.124 e. The zero-order chi connectivity index (χ0) is 14.5. The molecule has 3 heteroatoms. The van der Waals surface area contributed by atoms with Gasteiger partial charge in [0.2, 0.25) is 0 Å². The van der Waals surface area contributed by atoms with Crippen molar-refractivity contribution in [3.05, 3.63) is 34.6 Å². The Balaban J connectivity index is 2.04. The highest BCUT2D eigenvalue weighted by atomic mass is 35.5. The fraction of sp³-hybridized carbons (Fsp3) is 0.647. The van der Waals surface area contributed by atoms with E-state index in [2.05, 4.69) is 19.2 Å². The Labute approximate surface area is 126 Å². The highest BCUT2D eigenvalue weighted by Gasteiger charge is 2.26. The quantitative estimate of drug-likeness (QED) is 0.821. The zero-order valence-corrected chi connectivity index (χ0v) is 13.2. The molecule has 1 aromatic rings. The molecule has 0 bridgehead atoms. The fourth-order valence-electron chi connectivity index (χ4n) is 3.28. The minimum atomic E-state index is -0.259. The molecule has 1 N–H and O–H groups in total. The largest absolute Gasteiger partial charge is 0.314 e. The van der Waals surface area contributed by atoms with Gasteiger partial charge in [0, 0.05) is 11.1 Å². The Hall–Kier alpha value is -0.600. The predicted molar refractivity (Wildman–Crippen MR) is 83.7 cm³/mol. The van der Waals surface area contributed by atoms with Gasteiger partial charge in [0.1, 0.15) is 5.82 Å². The van der Waals surface area contributed by atoms with E-state index in [0.29, 0.717) is 17.0 Å². The van der Waals surface area contributed by atoms with Gasteiger partial charge in [-0.05, 0) is 55.3 Å². The van der Waals surface area contributed by atoms with Crippen LogP contribution < -0.4 is 5.32 Å². The van der Waals surface area contributed by atoms with Crippen molar-refractivity contribution in [3.8, 4) is 0 Å². The molecule has 1 aromatic carbocycles. The maximum absolute atomic E-state index is 13.1. The van der Waals surface area contributed by atoms with Crippen molar-refractivity contribution in [1.82, 2.24) is 5.32 Å². The summed E-state index contributed by atoms with van der Waals surface area (Å²) in [4.78, 5) is 0. The highest BCUT2D eigenvalue weighted by molar-refractivity contribution is 6.31. The van der Waals surface area contributed by atoms with Gasteiger partial charge >= 0.3 is 0 Å². The summed E-state index contributed by atoms with van der Waals surface area (Å²) in [6, 6.07) is 5.21. The van der Waals surface area contributed by atoms with Crippen molar-refractivity contribution >= 4 is 11.6 Å². The van der Waals surface area contributed by atoms with Crippen LogP contribution in [-0.2, 0) is 6.42 Å². The van der Waals surface area contributed by atoms with E-state index in [1.165, 1.54) is 37.8 Å². The Morgan fingerprint density at radius 3 is 2.60 bits per heavy atom. The van der Waals surface area contributed by atoms with Crippen LogP contribution in [0.15, 0.2) is 18.2 Å². The molecule has 0 amide bonds. The second-order valence-electron chi connectivity index (χ2n) is 6.12. The molecule has 1 atom stereocenters. The number of likely N-dealkylation sites (N-methyl/N-ethyl adjacent to an activating group) is 1. The summed E-state index contributed by atoms with van der Waals surface area (Å²) in [5, 5.41) is 4.16. The van der Waals surface area contributed by atoms with Crippen molar-refractivity contribution in [2.75, 3.05) is 6.54 Å². The molecule has 1 unspecified atom stereocenters. The van der Waals surface area contributed by atoms with Gasteiger partial charge in [0.25, 0.3) is 0 Å². The predicted octanol–water partition coefficient (Wildman–Crippen LogP) is 4.83. The molecule has 1 nitrogen and oxygen atoms in total. The van der Waals surface area contributed by atoms with Gasteiger partial charge in [-0.3, -0.25) is 0 Å². The molecule has 20 heavy (non-hydrogen) atoms. The van der Waals surface area contributed by atoms with Crippen molar-refractivity contribution in [1.29, 1.82) is 0 Å². The van der Waals surface area contributed by atoms with E-state index in [-0.39, 0.29) is 5.82 Å². The number of nitrogens with one attached hydrogen (secondary N) is 1. The molecule has 1 aliphatic carbocycles. The van der Waals surface area contributed by atoms with Crippen LogP contribution in [0, 0.1) is 17.7 Å². The van der Waals surface area contributed by atoms with E-state index in [1.807, 2.05) is 6.07 Å². The second kappa shape index (κ2) is 7.42.